The highest BCUT2D eigenvalue weighted by atomic mass is 79.9. The van der Waals surface area contributed by atoms with Crippen molar-refractivity contribution in [2.45, 2.75) is 13.3 Å². The van der Waals surface area contributed by atoms with E-state index in [-0.39, 0.29) is 0 Å². The molecule has 122 valence electrons. The standard InChI is InChI=1S/C19H19BrN4/c1-14-7-8-16(13-17(14)20)23-19-22-12-10-18(24-19)21-11-9-15-5-3-2-4-6-15/h2-8,10,12-13H,9,11H2,1H3,(H2,21,22,23,24). The third kappa shape index (κ3) is 4.55. The van der Waals surface area contributed by atoms with E-state index in [4.69, 9.17) is 0 Å². The van der Waals surface area contributed by atoms with Gasteiger partial charge in [-0.15, -0.1) is 0 Å². The van der Waals surface area contributed by atoms with E-state index < -0.39 is 0 Å². The molecule has 0 aliphatic rings. The number of nitrogens with zero attached hydrogens (tertiary/aromatic N) is 2. The quantitative estimate of drug-likeness (QED) is 0.633. The highest BCUT2D eigenvalue weighted by Crippen LogP contribution is 2.22. The van der Waals surface area contributed by atoms with E-state index in [2.05, 4.69) is 67.7 Å². The Kier molecular flexibility index (Phi) is 5.43. The summed E-state index contributed by atoms with van der Waals surface area (Å²) >= 11 is 3.54. The third-order valence-electron chi connectivity index (χ3n) is 3.65. The second kappa shape index (κ2) is 7.93. The number of benzene rings is 2. The molecule has 3 aromatic rings. The van der Waals surface area contributed by atoms with Gasteiger partial charge in [0.25, 0.3) is 0 Å². The maximum absolute atomic E-state index is 4.50. The molecule has 0 fully saturated rings. The van der Waals surface area contributed by atoms with Crippen molar-refractivity contribution in [2.24, 2.45) is 0 Å². The molecule has 2 N–H and O–H groups in total. The zero-order valence-electron chi connectivity index (χ0n) is 13.5. The van der Waals surface area contributed by atoms with Gasteiger partial charge in [-0.25, -0.2) is 4.98 Å². The van der Waals surface area contributed by atoms with Gasteiger partial charge in [0.05, 0.1) is 0 Å². The van der Waals surface area contributed by atoms with Crippen LogP contribution in [0.3, 0.4) is 0 Å². The highest BCUT2D eigenvalue weighted by Gasteiger charge is 2.02. The maximum atomic E-state index is 4.50. The first-order chi connectivity index (χ1) is 11.7. The number of aromatic nitrogens is 2. The van der Waals surface area contributed by atoms with E-state index in [1.54, 1.807) is 6.20 Å². The molecule has 24 heavy (non-hydrogen) atoms. The van der Waals surface area contributed by atoms with Crippen molar-refractivity contribution in [3.63, 3.8) is 0 Å². The van der Waals surface area contributed by atoms with Gasteiger partial charge in [-0.05, 0) is 42.7 Å². The molecule has 5 heteroatoms. The molecule has 0 saturated heterocycles. The van der Waals surface area contributed by atoms with Crippen molar-refractivity contribution in [3.8, 4) is 0 Å². The predicted octanol–water partition coefficient (Wildman–Crippen LogP) is 4.95. The van der Waals surface area contributed by atoms with Gasteiger partial charge < -0.3 is 10.6 Å². The SMILES string of the molecule is Cc1ccc(Nc2nccc(NCCc3ccccc3)n2)cc1Br. The van der Waals surface area contributed by atoms with Crippen LogP contribution in [0.4, 0.5) is 17.5 Å². The van der Waals surface area contributed by atoms with Crippen LogP contribution in [-0.4, -0.2) is 16.5 Å². The average molecular weight is 383 g/mol. The van der Waals surface area contributed by atoms with Crippen LogP contribution in [0.2, 0.25) is 0 Å². The van der Waals surface area contributed by atoms with Crippen molar-refractivity contribution >= 4 is 33.4 Å². The lowest BCUT2D eigenvalue weighted by Gasteiger charge is -2.09. The predicted molar refractivity (Wildman–Crippen MR) is 103 cm³/mol. The Morgan fingerprint density at radius 2 is 1.88 bits per heavy atom. The first kappa shape index (κ1) is 16.5. The number of halogens is 1. The Hall–Kier alpha value is -2.40. The smallest absolute Gasteiger partial charge is 0.229 e. The molecule has 0 saturated carbocycles. The third-order valence-corrected chi connectivity index (χ3v) is 4.50. The van der Waals surface area contributed by atoms with Gasteiger partial charge in [-0.1, -0.05) is 52.3 Å². The topological polar surface area (TPSA) is 49.8 Å². The summed E-state index contributed by atoms with van der Waals surface area (Å²) in [5.74, 6) is 1.39. The zero-order valence-corrected chi connectivity index (χ0v) is 15.0. The number of anilines is 3. The Balaban J connectivity index is 1.60. The lowest BCUT2D eigenvalue weighted by molar-refractivity contribution is 1.00. The molecule has 0 atom stereocenters. The van der Waals surface area contributed by atoms with Crippen LogP contribution in [0.15, 0.2) is 65.3 Å². The Morgan fingerprint density at radius 3 is 2.67 bits per heavy atom. The summed E-state index contributed by atoms with van der Waals surface area (Å²) in [7, 11) is 0. The van der Waals surface area contributed by atoms with E-state index in [1.807, 2.05) is 30.3 Å². The molecular formula is C19H19BrN4. The summed E-state index contributed by atoms with van der Waals surface area (Å²) in [5, 5.41) is 6.57. The van der Waals surface area contributed by atoms with Gasteiger partial charge in [0.2, 0.25) is 5.95 Å². The maximum Gasteiger partial charge on any atom is 0.229 e. The highest BCUT2D eigenvalue weighted by molar-refractivity contribution is 9.10. The van der Waals surface area contributed by atoms with Crippen LogP contribution < -0.4 is 10.6 Å². The fourth-order valence-corrected chi connectivity index (χ4v) is 2.68. The normalized spacial score (nSPS) is 10.4. The first-order valence-electron chi connectivity index (χ1n) is 7.85. The van der Waals surface area contributed by atoms with Crippen LogP contribution in [0.5, 0.6) is 0 Å². The number of hydrogen-bond acceptors (Lipinski definition) is 4. The summed E-state index contributed by atoms with van der Waals surface area (Å²) < 4.78 is 1.06. The number of nitrogens with one attached hydrogen (secondary N) is 2. The van der Waals surface area contributed by atoms with Gasteiger partial charge in [0, 0.05) is 22.9 Å². The molecule has 0 aliphatic heterocycles. The fraction of sp³-hybridized carbons (Fsp3) is 0.158. The van der Waals surface area contributed by atoms with E-state index in [0.29, 0.717) is 5.95 Å². The van der Waals surface area contributed by atoms with Crippen LogP contribution in [0.25, 0.3) is 0 Å². The van der Waals surface area contributed by atoms with Crippen LogP contribution in [-0.2, 0) is 6.42 Å². The lowest BCUT2D eigenvalue weighted by atomic mass is 10.1. The van der Waals surface area contributed by atoms with E-state index >= 15 is 0 Å². The summed E-state index contributed by atoms with van der Waals surface area (Å²) in [4.78, 5) is 8.78. The molecule has 3 rings (SSSR count). The largest absolute Gasteiger partial charge is 0.370 e. The average Bonchev–Trinajstić information content (AvgIpc) is 2.60. The fourth-order valence-electron chi connectivity index (χ4n) is 2.30. The molecule has 0 aliphatic carbocycles. The lowest BCUT2D eigenvalue weighted by Crippen LogP contribution is -2.07. The summed E-state index contributed by atoms with van der Waals surface area (Å²) in [6.07, 6.45) is 2.71. The van der Waals surface area contributed by atoms with E-state index in [1.165, 1.54) is 11.1 Å². The summed E-state index contributed by atoms with van der Waals surface area (Å²) in [6.45, 7) is 2.89. The van der Waals surface area contributed by atoms with Crippen molar-refractivity contribution in [1.82, 2.24) is 9.97 Å². The first-order valence-corrected chi connectivity index (χ1v) is 8.64. The summed E-state index contributed by atoms with van der Waals surface area (Å²) in [5.41, 5.74) is 3.45. The Labute approximate surface area is 150 Å². The number of rotatable bonds is 6. The number of hydrogen-bond donors (Lipinski definition) is 2. The van der Waals surface area contributed by atoms with Crippen molar-refractivity contribution in [2.75, 3.05) is 17.2 Å². The molecular weight excluding hydrogens is 364 g/mol. The van der Waals surface area contributed by atoms with Crippen LogP contribution in [0, 0.1) is 6.92 Å². The minimum Gasteiger partial charge on any atom is -0.370 e. The molecule has 0 unspecified atom stereocenters. The van der Waals surface area contributed by atoms with Gasteiger partial charge in [-0.2, -0.15) is 4.98 Å². The molecule has 0 amide bonds. The van der Waals surface area contributed by atoms with Crippen molar-refractivity contribution < 1.29 is 0 Å². The summed E-state index contributed by atoms with van der Waals surface area (Å²) in [6, 6.07) is 18.4. The Morgan fingerprint density at radius 1 is 1.04 bits per heavy atom. The molecule has 1 aromatic heterocycles. The van der Waals surface area contributed by atoms with Crippen LogP contribution in [0.1, 0.15) is 11.1 Å². The molecule has 4 nitrogen and oxygen atoms in total. The van der Waals surface area contributed by atoms with Gasteiger partial charge >= 0.3 is 0 Å². The van der Waals surface area contributed by atoms with Crippen molar-refractivity contribution in [3.05, 3.63) is 76.4 Å². The molecule has 0 radical (unpaired) electrons. The molecule has 2 aromatic carbocycles. The minimum absolute atomic E-state index is 0.579. The minimum atomic E-state index is 0.579. The van der Waals surface area contributed by atoms with Gasteiger partial charge in [0.1, 0.15) is 5.82 Å². The molecule has 0 bridgehead atoms. The zero-order chi connectivity index (χ0) is 16.8. The van der Waals surface area contributed by atoms with E-state index in [9.17, 15) is 0 Å². The second-order valence-corrected chi connectivity index (χ2v) is 6.37. The molecule has 0 spiro atoms. The monoisotopic (exact) mass is 382 g/mol. The van der Waals surface area contributed by atoms with Crippen LogP contribution >= 0.6 is 15.9 Å². The van der Waals surface area contributed by atoms with Gasteiger partial charge in [-0.3, -0.25) is 0 Å². The second-order valence-electron chi connectivity index (χ2n) is 5.52. The van der Waals surface area contributed by atoms with Gasteiger partial charge in [0.15, 0.2) is 0 Å². The molecule has 1 heterocycles. The Bertz CT molecular complexity index is 805. The van der Waals surface area contributed by atoms with Crippen molar-refractivity contribution in [1.29, 1.82) is 0 Å². The van der Waals surface area contributed by atoms with E-state index in [0.717, 1.165) is 28.9 Å². The number of aryl methyl sites for hydroxylation is 1.